The number of hydrogen-bond acceptors (Lipinski definition) is 4. The lowest BCUT2D eigenvalue weighted by atomic mass is 10.1. The molecule has 2 aromatic rings. The van der Waals surface area contributed by atoms with Crippen molar-refractivity contribution < 1.29 is 8.42 Å². The lowest BCUT2D eigenvalue weighted by Gasteiger charge is -2.04. The second kappa shape index (κ2) is 5.10. The number of nitrogens with zero attached hydrogens (tertiary/aromatic N) is 1. The van der Waals surface area contributed by atoms with Crippen molar-refractivity contribution in [2.24, 2.45) is 5.73 Å². The minimum Gasteiger partial charge on any atom is -0.312 e. The van der Waals surface area contributed by atoms with Crippen LogP contribution in [0.3, 0.4) is 0 Å². The van der Waals surface area contributed by atoms with Gasteiger partial charge in [-0.1, -0.05) is 41.9 Å². The maximum atomic E-state index is 12.8. The predicted molar refractivity (Wildman–Crippen MR) is 84.1 cm³/mol. The Hall–Kier alpha value is -1.87. The van der Waals surface area contributed by atoms with Crippen LogP contribution in [0.5, 0.6) is 0 Å². The van der Waals surface area contributed by atoms with Gasteiger partial charge in [-0.3, -0.25) is 0 Å². The normalized spacial score (nSPS) is 27.1. The van der Waals surface area contributed by atoms with Crippen LogP contribution in [0.4, 0.5) is 0 Å². The fourth-order valence-electron chi connectivity index (χ4n) is 2.85. The monoisotopic (exact) mass is 332 g/mol. The summed E-state index contributed by atoms with van der Waals surface area (Å²) >= 11 is 5.96. The molecule has 1 aliphatic carbocycles. The summed E-state index contributed by atoms with van der Waals surface area (Å²) in [5.74, 6) is -0.582. The summed E-state index contributed by atoms with van der Waals surface area (Å²) < 4.78 is 25.5. The van der Waals surface area contributed by atoms with E-state index >= 15 is 0 Å². The number of nitriles is 1. The van der Waals surface area contributed by atoms with E-state index in [2.05, 4.69) is 0 Å². The van der Waals surface area contributed by atoms with E-state index in [1.165, 1.54) is 12.1 Å². The molecule has 0 aromatic heterocycles. The highest BCUT2D eigenvalue weighted by atomic mass is 35.5. The van der Waals surface area contributed by atoms with Crippen LogP contribution in [0.2, 0.25) is 5.02 Å². The molecule has 112 valence electrons. The van der Waals surface area contributed by atoms with Crippen LogP contribution in [0.25, 0.3) is 0 Å². The molecule has 1 fully saturated rings. The molecule has 2 aromatic carbocycles. The van der Waals surface area contributed by atoms with Crippen LogP contribution in [0, 0.1) is 11.3 Å². The third kappa shape index (κ3) is 2.20. The lowest BCUT2D eigenvalue weighted by molar-refractivity contribution is 0.592. The molecule has 2 N–H and O–H groups in total. The molecule has 3 rings (SSSR count). The van der Waals surface area contributed by atoms with Crippen LogP contribution in [-0.2, 0) is 9.84 Å². The molecule has 0 amide bonds. The second-order valence-corrected chi connectivity index (χ2v) is 7.86. The highest BCUT2D eigenvalue weighted by Crippen LogP contribution is 2.55. The molecule has 0 radical (unpaired) electrons. The molecule has 0 unspecified atom stereocenters. The summed E-state index contributed by atoms with van der Waals surface area (Å²) in [5, 5.41) is 8.89. The van der Waals surface area contributed by atoms with E-state index in [0.717, 1.165) is 0 Å². The minimum atomic E-state index is -3.69. The summed E-state index contributed by atoms with van der Waals surface area (Å²) in [7, 11) is -3.69. The topological polar surface area (TPSA) is 83.9 Å². The van der Waals surface area contributed by atoms with Gasteiger partial charge in [-0.05, 0) is 29.8 Å². The molecule has 3 atom stereocenters. The summed E-state index contributed by atoms with van der Waals surface area (Å²) in [6.07, 6.45) is 0. The van der Waals surface area contributed by atoms with Gasteiger partial charge in [0.25, 0.3) is 0 Å². The number of benzene rings is 2. The average molecular weight is 333 g/mol. The van der Waals surface area contributed by atoms with Crippen molar-refractivity contribution in [3.8, 4) is 6.07 Å². The third-order valence-corrected chi connectivity index (χ3v) is 6.48. The van der Waals surface area contributed by atoms with Crippen molar-refractivity contribution in [1.82, 2.24) is 0 Å². The zero-order valence-electron chi connectivity index (χ0n) is 11.5. The highest BCUT2D eigenvalue weighted by molar-refractivity contribution is 7.92. The molecule has 0 aliphatic heterocycles. The molecule has 6 heteroatoms. The van der Waals surface area contributed by atoms with E-state index in [0.29, 0.717) is 10.6 Å². The fraction of sp³-hybridized carbons (Fsp3) is 0.188. The molecule has 4 nitrogen and oxygen atoms in total. The van der Waals surface area contributed by atoms with Crippen LogP contribution >= 0.6 is 11.6 Å². The van der Waals surface area contributed by atoms with E-state index in [1.54, 1.807) is 42.5 Å². The molecule has 0 saturated heterocycles. The summed E-state index contributed by atoms with van der Waals surface area (Å²) in [4.78, 5) is 0.176. The first-order valence-electron chi connectivity index (χ1n) is 6.66. The largest absolute Gasteiger partial charge is 0.312 e. The van der Waals surface area contributed by atoms with E-state index in [4.69, 9.17) is 17.3 Å². The number of halogens is 1. The first kappa shape index (κ1) is 15.0. The first-order chi connectivity index (χ1) is 10.4. The van der Waals surface area contributed by atoms with Gasteiger partial charge in [0.15, 0.2) is 9.84 Å². The fourth-order valence-corrected chi connectivity index (χ4v) is 5.25. The zero-order chi connectivity index (χ0) is 16.0. The van der Waals surface area contributed by atoms with E-state index in [1.807, 2.05) is 6.07 Å². The maximum absolute atomic E-state index is 12.8. The van der Waals surface area contributed by atoms with Gasteiger partial charge in [0, 0.05) is 10.9 Å². The molecule has 22 heavy (non-hydrogen) atoms. The number of rotatable bonds is 3. The molecule has 0 bridgehead atoms. The van der Waals surface area contributed by atoms with Crippen molar-refractivity contribution in [2.75, 3.05) is 0 Å². The van der Waals surface area contributed by atoms with E-state index in [9.17, 15) is 13.7 Å². The smallest absolute Gasteiger partial charge is 0.184 e. The number of sulfone groups is 1. The van der Waals surface area contributed by atoms with Gasteiger partial charge in [-0.2, -0.15) is 5.26 Å². The molecular weight excluding hydrogens is 320 g/mol. The zero-order valence-corrected chi connectivity index (χ0v) is 13.1. The van der Waals surface area contributed by atoms with Crippen molar-refractivity contribution in [2.45, 2.75) is 21.6 Å². The first-order valence-corrected chi connectivity index (χ1v) is 8.58. The Balaban J connectivity index is 2.06. The van der Waals surface area contributed by atoms with Gasteiger partial charge < -0.3 is 5.73 Å². The predicted octanol–water partition coefficient (Wildman–Crippen LogP) is 2.50. The molecule has 0 spiro atoms. The van der Waals surface area contributed by atoms with Crippen LogP contribution < -0.4 is 5.73 Å². The van der Waals surface area contributed by atoms with E-state index < -0.39 is 26.5 Å². The standard InChI is InChI=1S/C16H13ClN2O2S/c17-12-6-4-5-11(9-12)14-15(16(14,19)10-18)22(20,21)13-7-2-1-3-8-13/h1-9,14-15H,19H2/t14-,15-,16+/m0/s1. The van der Waals surface area contributed by atoms with Crippen LogP contribution in [-0.4, -0.2) is 19.2 Å². The van der Waals surface area contributed by atoms with E-state index in [-0.39, 0.29) is 4.90 Å². The highest BCUT2D eigenvalue weighted by Gasteiger charge is 2.70. The van der Waals surface area contributed by atoms with Crippen molar-refractivity contribution in [3.63, 3.8) is 0 Å². The number of nitrogens with two attached hydrogens (primary N) is 1. The Bertz CT molecular complexity index is 861. The summed E-state index contributed by atoms with van der Waals surface area (Å²) in [6.45, 7) is 0. The minimum absolute atomic E-state index is 0.176. The molecular formula is C16H13ClN2O2S. The molecule has 1 aliphatic rings. The van der Waals surface area contributed by atoms with Crippen molar-refractivity contribution >= 4 is 21.4 Å². The third-order valence-electron chi connectivity index (χ3n) is 3.99. The quantitative estimate of drug-likeness (QED) is 0.936. The van der Waals surface area contributed by atoms with Gasteiger partial charge >= 0.3 is 0 Å². The Kier molecular flexibility index (Phi) is 3.48. The average Bonchev–Trinajstić information content (AvgIpc) is 3.16. The van der Waals surface area contributed by atoms with Crippen LogP contribution in [0.1, 0.15) is 11.5 Å². The van der Waals surface area contributed by atoms with Crippen LogP contribution in [0.15, 0.2) is 59.5 Å². The van der Waals surface area contributed by atoms with Crippen molar-refractivity contribution in [1.29, 1.82) is 5.26 Å². The second-order valence-electron chi connectivity index (χ2n) is 5.36. The number of hydrogen-bond donors (Lipinski definition) is 1. The Labute approximate surface area is 134 Å². The summed E-state index contributed by atoms with van der Waals surface area (Å²) in [5.41, 5.74) is 5.29. The Morgan fingerprint density at radius 2 is 1.82 bits per heavy atom. The van der Waals surface area contributed by atoms with Gasteiger partial charge in [0.2, 0.25) is 0 Å². The van der Waals surface area contributed by atoms with Crippen molar-refractivity contribution in [3.05, 3.63) is 65.2 Å². The molecule has 1 saturated carbocycles. The molecule has 0 heterocycles. The lowest BCUT2D eigenvalue weighted by Crippen LogP contribution is -2.29. The Morgan fingerprint density at radius 3 is 2.41 bits per heavy atom. The van der Waals surface area contributed by atoms with Gasteiger partial charge in [0.1, 0.15) is 10.8 Å². The summed E-state index contributed by atoms with van der Waals surface area (Å²) in [6, 6.07) is 16.8. The van der Waals surface area contributed by atoms with Gasteiger partial charge in [0.05, 0.1) is 11.0 Å². The van der Waals surface area contributed by atoms with Gasteiger partial charge in [-0.15, -0.1) is 0 Å². The Morgan fingerprint density at radius 1 is 1.14 bits per heavy atom. The maximum Gasteiger partial charge on any atom is 0.184 e. The van der Waals surface area contributed by atoms with Gasteiger partial charge in [-0.25, -0.2) is 8.42 Å². The SMILES string of the molecule is N#C[C@@]1(N)[C@@H](c2cccc(Cl)c2)[C@@H]1S(=O)(=O)c1ccccc1.